The van der Waals surface area contributed by atoms with E-state index in [1.165, 1.54) is 41.9 Å². The summed E-state index contributed by atoms with van der Waals surface area (Å²) in [6, 6.07) is 10.5. The predicted molar refractivity (Wildman–Crippen MR) is 114 cm³/mol. The van der Waals surface area contributed by atoms with Gasteiger partial charge in [0.15, 0.2) is 15.0 Å². The molecule has 11 heteroatoms. The van der Waals surface area contributed by atoms with E-state index in [1.54, 1.807) is 23.1 Å². The lowest BCUT2D eigenvalue weighted by Gasteiger charge is -2.34. The van der Waals surface area contributed by atoms with Gasteiger partial charge in [-0.2, -0.15) is 0 Å². The lowest BCUT2D eigenvalue weighted by Crippen LogP contribution is -2.48. The maximum absolute atomic E-state index is 12.7. The highest BCUT2D eigenvalue weighted by Gasteiger charge is 2.24. The number of hydrogen-bond donors (Lipinski definition) is 0. The summed E-state index contributed by atoms with van der Waals surface area (Å²) in [5.41, 5.74) is 1.11. The summed E-state index contributed by atoms with van der Waals surface area (Å²) < 4.78 is 24.3. The summed E-state index contributed by atoms with van der Waals surface area (Å²) in [7, 11) is -3.28. The second-order valence-corrected chi connectivity index (χ2v) is 10.0. The molecule has 0 radical (unpaired) electrons. The number of carbonyl (C=O) groups is 1. The molecule has 1 amide bonds. The minimum Gasteiger partial charge on any atom is -0.345 e. The first-order valence-corrected chi connectivity index (χ1v) is 11.8. The normalized spacial score (nSPS) is 14.8. The van der Waals surface area contributed by atoms with Crippen molar-refractivity contribution < 1.29 is 18.1 Å². The third-order valence-corrected chi connectivity index (χ3v) is 7.13. The Kier molecular flexibility index (Phi) is 5.16. The van der Waals surface area contributed by atoms with E-state index in [0.29, 0.717) is 31.7 Å². The number of nitro benzene ring substituents is 1. The number of benzene rings is 2. The lowest BCUT2D eigenvalue weighted by atomic mass is 10.1. The molecule has 0 atom stereocenters. The lowest BCUT2D eigenvalue weighted by molar-refractivity contribution is -0.384. The summed E-state index contributed by atoms with van der Waals surface area (Å²) in [4.78, 5) is 31.6. The summed E-state index contributed by atoms with van der Waals surface area (Å²) in [5, 5.41) is 11.5. The largest absolute Gasteiger partial charge is 0.345 e. The van der Waals surface area contributed by atoms with Crippen LogP contribution in [0.4, 0.5) is 10.8 Å². The third-order valence-electron chi connectivity index (χ3n) is 4.94. The first-order valence-electron chi connectivity index (χ1n) is 9.12. The molecule has 0 bridgehead atoms. The highest BCUT2D eigenvalue weighted by atomic mass is 32.2. The van der Waals surface area contributed by atoms with Crippen molar-refractivity contribution in [3.8, 4) is 0 Å². The van der Waals surface area contributed by atoms with Crippen LogP contribution in [-0.4, -0.2) is 61.6 Å². The van der Waals surface area contributed by atoms with Crippen molar-refractivity contribution in [1.82, 2.24) is 9.88 Å². The van der Waals surface area contributed by atoms with Gasteiger partial charge in [-0.1, -0.05) is 11.3 Å². The Morgan fingerprint density at radius 3 is 2.37 bits per heavy atom. The first kappa shape index (κ1) is 20.2. The molecule has 3 aromatic rings. The SMILES string of the molecule is CS(=O)(=O)c1ccc2nc(N3CCN(C(=O)c4ccc([N+](=O)[O-])cc4)CC3)sc2c1. The van der Waals surface area contributed by atoms with Gasteiger partial charge in [0.05, 0.1) is 20.0 Å². The molecule has 9 nitrogen and oxygen atoms in total. The van der Waals surface area contributed by atoms with Gasteiger partial charge in [0.2, 0.25) is 0 Å². The highest BCUT2D eigenvalue weighted by Crippen LogP contribution is 2.31. The first-order chi connectivity index (χ1) is 14.2. The fourth-order valence-electron chi connectivity index (χ4n) is 3.27. The van der Waals surface area contributed by atoms with Crippen molar-refractivity contribution in [2.45, 2.75) is 4.90 Å². The third kappa shape index (κ3) is 3.98. The predicted octanol–water partition coefficient (Wildman–Crippen LogP) is 2.57. The van der Waals surface area contributed by atoms with Gasteiger partial charge in [0, 0.05) is 50.1 Å². The molecule has 1 aromatic heterocycles. The number of piperazine rings is 1. The van der Waals surface area contributed by atoms with E-state index in [9.17, 15) is 23.3 Å². The molecule has 0 N–H and O–H groups in total. The molecule has 30 heavy (non-hydrogen) atoms. The number of nitrogens with zero attached hydrogens (tertiary/aromatic N) is 4. The molecule has 2 heterocycles. The van der Waals surface area contributed by atoms with Crippen molar-refractivity contribution in [2.75, 3.05) is 37.3 Å². The number of thiazole rings is 1. The van der Waals surface area contributed by atoms with Gasteiger partial charge in [0.1, 0.15) is 0 Å². The highest BCUT2D eigenvalue weighted by molar-refractivity contribution is 7.90. The molecule has 1 aliphatic rings. The zero-order valence-electron chi connectivity index (χ0n) is 16.0. The number of aromatic nitrogens is 1. The van der Waals surface area contributed by atoms with Crippen LogP contribution < -0.4 is 4.90 Å². The van der Waals surface area contributed by atoms with Crippen LogP contribution in [0, 0.1) is 10.1 Å². The fourth-order valence-corrected chi connectivity index (χ4v) is 5.05. The van der Waals surface area contributed by atoms with Crippen molar-refractivity contribution in [3.05, 3.63) is 58.1 Å². The number of fused-ring (bicyclic) bond motifs is 1. The molecule has 0 aliphatic carbocycles. The Labute approximate surface area is 176 Å². The van der Waals surface area contributed by atoms with Gasteiger partial charge in [0.25, 0.3) is 11.6 Å². The monoisotopic (exact) mass is 446 g/mol. The Morgan fingerprint density at radius 1 is 1.10 bits per heavy atom. The van der Waals surface area contributed by atoms with Crippen LogP contribution in [0.3, 0.4) is 0 Å². The average Bonchev–Trinajstić information content (AvgIpc) is 3.16. The number of rotatable bonds is 4. The van der Waals surface area contributed by atoms with Crippen LogP contribution in [0.25, 0.3) is 10.2 Å². The topological polar surface area (TPSA) is 114 Å². The maximum Gasteiger partial charge on any atom is 0.269 e. The molecule has 156 valence electrons. The van der Waals surface area contributed by atoms with E-state index in [0.717, 1.165) is 15.3 Å². The minimum atomic E-state index is -3.28. The van der Waals surface area contributed by atoms with Crippen LogP contribution >= 0.6 is 11.3 Å². The second kappa shape index (κ2) is 7.65. The standard InChI is InChI=1S/C19H18N4O5S2/c1-30(27,28)15-6-7-16-17(12-15)29-19(20-16)22-10-8-21(9-11-22)18(24)13-2-4-14(5-3-13)23(25)26/h2-7,12H,8-11H2,1H3. The summed E-state index contributed by atoms with van der Waals surface area (Å²) in [6.45, 7) is 2.19. The van der Waals surface area contributed by atoms with E-state index in [2.05, 4.69) is 9.88 Å². The minimum absolute atomic E-state index is 0.0498. The van der Waals surface area contributed by atoms with Crippen molar-refractivity contribution >= 4 is 48.1 Å². The van der Waals surface area contributed by atoms with Gasteiger partial charge in [-0.25, -0.2) is 13.4 Å². The van der Waals surface area contributed by atoms with Crippen LogP contribution in [0.15, 0.2) is 47.4 Å². The van der Waals surface area contributed by atoms with Gasteiger partial charge >= 0.3 is 0 Å². The van der Waals surface area contributed by atoms with Gasteiger partial charge < -0.3 is 9.80 Å². The zero-order valence-corrected chi connectivity index (χ0v) is 17.6. The Morgan fingerprint density at radius 2 is 1.77 bits per heavy atom. The van der Waals surface area contributed by atoms with Crippen molar-refractivity contribution in [3.63, 3.8) is 0 Å². The fraction of sp³-hybridized carbons (Fsp3) is 0.263. The number of amides is 1. The van der Waals surface area contributed by atoms with Crippen molar-refractivity contribution in [2.24, 2.45) is 0 Å². The molecule has 2 aromatic carbocycles. The van der Waals surface area contributed by atoms with E-state index in [-0.39, 0.29) is 16.5 Å². The van der Waals surface area contributed by atoms with E-state index in [1.807, 2.05) is 0 Å². The maximum atomic E-state index is 12.7. The van der Waals surface area contributed by atoms with E-state index < -0.39 is 14.8 Å². The number of nitro groups is 1. The molecular formula is C19H18N4O5S2. The molecule has 0 unspecified atom stereocenters. The number of carbonyl (C=O) groups excluding carboxylic acids is 1. The Bertz CT molecular complexity index is 1230. The zero-order chi connectivity index (χ0) is 21.5. The molecular weight excluding hydrogens is 428 g/mol. The van der Waals surface area contributed by atoms with Crippen LogP contribution in [0.5, 0.6) is 0 Å². The summed E-state index contributed by atoms with van der Waals surface area (Å²) >= 11 is 1.43. The van der Waals surface area contributed by atoms with E-state index in [4.69, 9.17) is 0 Å². The van der Waals surface area contributed by atoms with E-state index >= 15 is 0 Å². The summed E-state index contributed by atoms with van der Waals surface area (Å²) in [5.74, 6) is -0.161. The van der Waals surface area contributed by atoms with Crippen LogP contribution in [0.2, 0.25) is 0 Å². The van der Waals surface area contributed by atoms with Crippen molar-refractivity contribution in [1.29, 1.82) is 0 Å². The van der Waals surface area contributed by atoms with Crippen LogP contribution in [0.1, 0.15) is 10.4 Å². The Hall–Kier alpha value is -3.05. The summed E-state index contributed by atoms with van der Waals surface area (Å²) in [6.07, 6.45) is 1.18. The number of non-ortho nitro benzene ring substituents is 1. The smallest absolute Gasteiger partial charge is 0.269 e. The number of hydrogen-bond acceptors (Lipinski definition) is 8. The number of sulfone groups is 1. The average molecular weight is 447 g/mol. The molecule has 0 spiro atoms. The molecule has 4 rings (SSSR count). The van der Waals surface area contributed by atoms with Crippen LogP contribution in [-0.2, 0) is 9.84 Å². The second-order valence-electron chi connectivity index (χ2n) is 6.98. The molecule has 1 saturated heterocycles. The Balaban J connectivity index is 1.45. The molecule has 1 fully saturated rings. The van der Waals surface area contributed by atoms with Gasteiger partial charge in [-0.15, -0.1) is 0 Å². The molecule has 0 saturated carbocycles. The number of anilines is 1. The quantitative estimate of drug-likeness (QED) is 0.447. The van der Waals surface area contributed by atoms with Gasteiger partial charge in [-0.05, 0) is 30.3 Å². The van der Waals surface area contributed by atoms with Gasteiger partial charge in [-0.3, -0.25) is 14.9 Å². The molecule has 1 aliphatic heterocycles.